The fraction of sp³-hybridized carbons (Fsp3) is 0.304. The molecule has 1 unspecified atom stereocenters. The molecule has 1 aromatic carbocycles. The number of hydrogen-bond donors (Lipinski definition) is 2. The van der Waals surface area contributed by atoms with Crippen molar-refractivity contribution in [1.29, 1.82) is 0 Å². The lowest BCUT2D eigenvalue weighted by atomic mass is 10.00. The van der Waals surface area contributed by atoms with Gasteiger partial charge in [-0.3, -0.25) is 9.78 Å². The predicted molar refractivity (Wildman–Crippen MR) is 114 cm³/mol. The molecule has 6 nitrogen and oxygen atoms in total. The molecule has 1 atom stereocenters. The van der Waals surface area contributed by atoms with E-state index in [2.05, 4.69) is 25.6 Å². The third-order valence-electron chi connectivity index (χ3n) is 5.14. The minimum atomic E-state index is -0.232. The van der Waals surface area contributed by atoms with Crippen LogP contribution in [-0.4, -0.2) is 27.4 Å². The molecular formula is C23H25N5O. The van der Waals surface area contributed by atoms with Gasteiger partial charge < -0.3 is 10.6 Å². The van der Waals surface area contributed by atoms with Gasteiger partial charge in [0.15, 0.2) is 0 Å². The summed E-state index contributed by atoms with van der Waals surface area (Å²) in [5.41, 5.74) is 4.05. The molecule has 1 amide bonds. The first-order valence-corrected chi connectivity index (χ1v) is 10.0. The average Bonchev–Trinajstić information content (AvgIpc) is 3.29. The van der Waals surface area contributed by atoms with Gasteiger partial charge in [-0.25, -0.2) is 9.97 Å². The largest absolute Gasteiger partial charge is 0.320 e. The summed E-state index contributed by atoms with van der Waals surface area (Å²) >= 11 is 0. The molecule has 3 heterocycles. The summed E-state index contributed by atoms with van der Waals surface area (Å²) in [7, 11) is 0. The second kappa shape index (κ2) is 8.49. The molecule has 1 aliphatic rings. The van der Waals surface area contributed by atoms with E-state index in [1.807, 2.05) is 56.4 Å². The number of anilines is 1. The van der Waals surface area contributed by atoms with Gasteiger partial charge in [0.05, 0.1) is 23.0 Å². The Labute approximate surface area is 170 Å². The quantitative estimate of drug-likeness (QED) is 0.681. The Hall–Kier alpha value is -3.12. The molecule has 0 radical (unpaired) electrons. The smallest absolute Gasteiger partial charge is 0.258 e. The highest BCUT2D eigenvalue weighted by Gasteiger charge is 2.24. The van der Waals surface area contributed by atoms with E-state index < -0.39 is 0 Å². The van der Waals surface area contributed by atoms with Crippen molar-refractivity contribution < 1.29 is 4.79 Å². The number of nitrogens with one attached hydrogen (secondary N) is 2. The fourth-order valence-electron chi connectivity index (χ4n) is 3.59. The number of carbonyl (C=O) groups excluding carboxylic acids is 1. The van der Waals surface area contributed by atoms with E-state index in [1.165, 1.54) is 0 Å². The number of amides is 1. The van der Waals surface area contributed by atoms with Gasteiger partial charge in [-0.15, -0.1) is 0 Å². The minimum absolute atomic E-state index is 0.133. The first-order valence-electron chi connectivity index (χ1n) is 10.0. The van der Waals surface area contributed by atoms with E-state index in [0.717, 1.165) is 47.7 Å². The molecule has 148 valence electrons. The zero-order valence-electron chi connectivity index (χ0n) is 16.7. The Bertz CT molecular complexity index is 980. The molecule has 29 heavy (non-hydrogen) atoms. The molecule has 4 rings (SSSR count). The number of carbonyl (C=O) groups is 1. The number of benzene rings is 1. The number of rotatable bonds is 5. The standard InChI is InChI=1S/C23H25N5O/c1-15(2)22-26-13-17(14-27-22)23(29)28-20-18(16-7-4-3-5-8-16)10-12-25-21(20)19-9-6-11-24-19/h3-5,7-8,10,12-15,19,24H,6,9,11H2,1-2H3,(H,28,29). The number of nitrogens with zero attached hydrogens (tertiary/aromatic N) is 3. The van der Waals surface area contributed by atoms with Gasteiger partial charge in [0.1, 0.15) is 5.82 Å². The molecule has 6 heteroatoms. The molecule has 0 aliphatic carbocycles. The highest BCUT2D eigenvalue weighted by atomic mass is 16.1. The Balaban J connectivity index is 1.71. The molecule has 1 fully saturated rings. The zero-order chi connectivity index (χ0) is 20.2. The zero-order valence-corrected chi connectivity index (χ0v) is 16.7. The maximum atomic E-state index is 13.0. The first kappa shape index (κ1) is 19.2. The van der Waals surface area contributed by atoms with E-state index in [1.54, 1.807) is 12.4 Å². The Kier molecular flexibility index (Phi) is 5.62. The molecule has 0 spiro atoms. The SMILES string of the molecule is CC(C)c1ncc(C(=O)Nc2c(-c3ccccc3)ccnc2C2CCCN2)cn1. The van der Waals surface area contributed by atoms with E-state index in [9.17, 15) is 4.79 Å². The second-order valence-electron chi connectivity index (χ2n) is 7.57. The molecule has 1 saturated heterocycles. The monoisotopic (exact) mass is 387 g/mol. The highest BCUT2D eigenvalue weighted by Crippen LogP contribution is 2.35. The van der Waals surface area contributed by atoms with Gasteiger partial charge in [0, 0.05) is 30.1 Å². The van der Waals surface area contributed by atoms with Gasteiger partial charge in [-0.2, -0.15) is 0 Å². The lowest BCUT2D eigenvalue weighted by Gasteiger charge is -2.19. The van der Waals surface area contributed by atoms with Crippen LogP contribution in [0.1, 0.15) is 60.5 Å². The van der Waals surface area contributed by atoms with Crippen molar-refractivity contribution in [2.24, 2.45) is 0 Å². The van der Waals surface area contributed by atoms with E-state index in [-0.39, 0.29) is 17.9 Å². The number of hydrogen-bond acceptors (Lipinski definition) is 5. The lowest BCUT2D eigenvalue weighted by Crippen LogP contribution is -2.20. The van der Waals surface area contributed by atoms with Crippen LogP contribution in [0.5, 0.6) is 0 Å². The van der Waals surface area contributed by atoms with Crippen LogP contribution in [0.15, 0.2) is 55.0 Å². The molecular weight excluding hydrogens is 362 g/mol. The van der Waals surface area contributed by atoms with Crippen molar-refractivity contribution >= 4 is 11.6 Å². The summed E-state index contributed by atoms with van der Waals surface area (Å²) in [5.74, 6) is 0.712. The van der Waals surface area contributed by atoms with Crippen LogP contribution in [-0.2, 0) is 0 Å². The normalized spacial score (nSPS) is 16.2. The summed E-state index contributed by atoms with van der Waals surface area (Å²) in [6.45, 7) is 5.01. The van der Waals surface area contributed by atoms with Crippen LogP contribution < -0.4 is 10.6 Å². The molecule has 0 saturated carbocycles. The molecule has 2 aromatic heterocycles. The van der Waals surface area contributed by atoms with Crippen molar-refractivity contribution in [3.8, 4) is 11.1 Å². The topological polar surface area (TPSA) is 79.8 Å². The van der Waals surface area contributed by atoms with Crippen molar-refractivity contribution in [2.75, 3.05) is 11.9 Å². The second-order valence-corrected chi connectivity index (χ2v) is 7.57. The molecule has 1 aliphatic heterocycles. The predicted octanol–water partition coefficient (Wildman–Crippen LogP) is 4.34. The van der Waals surface area contributed by atoms with Gasteiger partial charge >= 0.3 is 0 Å². The van der Waals surface area contributed by atoms with Crippen molar-refractivity contribution in [3.05, 3.63) is 72.1 Å². The van der Waals surface area contributed by atoms with Crippen molar-refractivity contribution in [1.82, 2.24) is 20.3 Å². The lowest BCUT2D eigenvalue weighted by molar-refractivity contribution is 0.102. The Morgan fingerprint density at radius 1 is 1.10 bits per heavy atom. The van der Waals surface area contributed by atoms with Crippen molar-refractivity contribution in [2.45, 2.75) is 38.6 Å². The summed E-state index contributed by atoms with van der Waals surface area (Å²) in [4.78, 5) is 26.3. The Morgan fingerprint density at radius 3 is 2.52 bits per heavy atom. The van der Waals surface area contributed by atoms with Crippen LogP contribution >= 0.6 is 0 Å². The first-order chi connectivity index (χ1) is 14.1. The van der Waals surface area contributed by atoms with E-state index >= 15 is 0 Å². The van der Waals surface area contributed by atoms with Crippen LogP contribution in [0.3, 0.4) is 0 Å². The van der Waals surface area contributed by atoms with Gasteiger partial charge in [-0.1, -0.05) is 44.2 Å². The van der Waals surface area contributed by atoms with Crippen LogP contribution in [0, 0.1) is 0 Å². The van der Waals surface area contributed by atoms with E-state index in [4.69, 9.17) is 0 Å². The van der Waals surface area contributed by atoms with Crippen LogP contribution in [0.4, 0.5) is 5.69 Å². The van der Waals surface area contributed by atoms with Gasteiger partial charge in [0.2, 0.25) is 0 Å². The third kappa shape index (κ3) is 4.17. The molecule has 2 N–H and O–H groups in total. The van der Waals surface area contributed by atoms with Crippen LogP contribution in [0.25, 0.3) is 11.1 Å². The summed E-state index contributed by atoms with van der Waals surface area (Å²) < 4.78 is 0. The number of pyridine rings is 1. The fourth-order valence-corrected chi connectivity index (χ4v) is 3.59. The third-order valence-corrected chi connectivity index (χ3v) is 5.14. The van der Waals surface area contributed by atoms with Gasteiger partial charge in [-0.05, 0) is 31.0 Å². The summed E-state index contributed by atoms with van der Waals surface area (Å²) in [5, 5.41) is 6.58. The van der Waals surface area contributed by atoms with Gasteiger partial charge in [0.25, 0.3) is 5.91 Å². The summed E-state index contributed by atoms with van der Waals surface area (Å²) in [6, 6.07) is 12.1. The maximum absolute atomic E-state index is 13.0. The summed E-state index contributed by atoms with van der Waals surface area (Å²) in [6.07, 6.45) is 7.08. The Morgan fingerprint density at radius 2 is 1.86 bits per heavy atom. The number of aromatic nitrogens is 3. The molecule has 3 aromatic rings. The van der Waals surface area contributed by atoms with Crippen LogP contribution in [0.2, 0.25) is 0 Å². The minimum Gasteiger partial charge on any atom is -0.320 e. The molecule has 0 bridgehead atoms. The maximum Gasteiger partial charge on any atom is 0.258 e. The van der Waals surface area contributed by atoms with Crippen molar-refractivity contribution in [3.63, 3.8) is 0 Å². The highest BCUT2D eigenvalue weighted by molar-refractivity contribution is 6.06. The average molecular weight is 387 g/mol. The van der Waals surface area contributed by atoms with E-state index in [0.29, 0.717) is 5.56 Å².